The van der Waals surface area contributed by atoms with Crippen molar-refractivity contribution in [3.05, 3.63) is 51.8 Å². The van der Waals surface area contributed by atoms with E-state index in [4.69, 9.17) is 0 Å². The molecule has 0 bridgehead atoms. The largest absolute Gasteiger partial charge is 0.345 e. The summed E-state index contributed by atoms with van der Waals surface area (Å²) in [6.07, 6.45) is 1.87. The minimum atomic E-state index is -0.0885. The molecule has 0 saturated carbocycles. The Balaban J connectivity index is 2.35. The van der Waals surface area contributed by atoms with Gasteiger partial charge in [0.1, 0.15) is 5.69 Å². The van der Waals surface area contributed by atoms with Crippen LogP contribution in [0.5, 0.6) is 0 Å². The summed E-state index contributed by atoms with van der Waals surface area (Å²) in [6, 6.07) is 7.93. The first-order valence-corrected chi connectivity index (χ1v) is 7.42. The molecule has 2 aromatic rings. The number of halogens is 1. The smallest absolute Gasteiger partial charge is 0.272 e. The highest BCUT2D eigenvalue weighted by molar-refractivity contribution is 9.10. The topological polar surface area (TPSA) is 34.0 Å². The number of benzene rings is 1. The van der Waals surface area contributed by atoms with Crippen LogP contribution in [-0.2, 0) is 7.05 Å². The summed E-state index contributed by atoms with van der Waals surface area (Å²) in [6.45, 7) is 6.27. The first kappa shape index (κ1) is 14.9. The molecule has 1 heterocycles. The van der Waals surface area contributed by atoms with Gasteiger partial charge in [-0.1, -0.05) is 32.0 Å². The Labute approximate surface area is 128 Å². The van der Waals surface area contributed by atoms with Gasteiger partial charge in [0.25, 0.3) is 5.91 Å². The van der Waals surface area contributed by atoms with E-state index in [1.807, 2.05) is 42.9 Å². The van der Waals surface area contributed by atoms with E-state index in [9.17, 15) is 4.79 Å². The standard InChI is InChI=1S/C16H19BrN2O/c1-10(2)13-7-5-6-11(3)15(13)18-16(20)14-8-12(17)9-19(14)4/h5-10H,1-4H3,(H,18,20). The fourth-order valence-corrected chi connectivity index (χ4v) is 2.79. The van der Waals surface area contributed by atoms with Crippen molar-refractivity contribution in [2.45, 2.75) is 26.7 Å². The summed E-state index contributed by atoms with van der Waals surface area (Å²) in [5.74, 6) is 0.278. The number of rotatable bonds is 3. The fraction of sp³-hybridized carbons (Fsp3) is 0.312. The number of para-hydroxylation sites is 1. The predicted molar refractivity (Wildman–Crippen MR) is 86.3 cm³/mol. The zero-order chi connectivity index (χ0) is 14.9. The van der Waals surface area contributed by atoms with E-state index < -0.39 is 0 Å². The third kappa shape index (κ3) is 2.96. The van der Waals surface area contributed by atoms with E-state index >= 15 is 0 Å². The first-order valence-electron chi connectivity index (χ1n) is 6.63. The van der Waals surface area contributed by atoms with Gasteiger partial charge in [-0.2, -0.15) is 0 Å². The summed E-state index contributed by atoms with van der Waals surface area (Å²) in [4.78, 5) is 12.4. The normalized spacial score (nSPS) is 10.9. The van der Waals surface area contributed by atoms with Crippen molar-refractivity contribution in [2.24, 2.45) is 7.05 Å². The Morgan fingerprint density at radius 1 is 1.35 bits per heavy atom. The molecule has 0 spiro atoms. The third-order valence-electron chi connectivity index (χ3n) is 3.37. The quantitative estimate of drug-likeness (QED) is 0.882. The van der Waals surface area contributed by atoms with E-state index in [1.165, 1.54) is 0 Å². The van der Waals surface area contributed by atoms with Crippen LogP contribution < -0.4 is 5.32 Å². The molecule has 1 amide bonds. The molecule has 0 saturated heterocycles. The van der Waals surface area contributed by atoms with Crippen molar-refractivity contribution < 1.29 is 4.79 Å². The van der Waals surface area contributed by atoms with E-state index in [-0.39, 0.29) is 5.91 Å². The molecule has 0 fully saturated rings. The van der Waals surface area contributed by atoms with Crippen LogP contribution in [0.25, 0.3) is 0 Å². The van der Waals surface area contributed by atoms with Gasteiger partial charge in [-0.05, 0) is 46.0 Å². The number of carbonyl (C=O) groups excluding carboxylic acids is 1. The molecule has 1 N–H and O–H groups in total. The molecular formula is C16H19BrN2O. The lowest BCUT2D eigenvalue weighted by Crippen LogP contribution is -2.17. The van der Waals surface area contributed by atoms with E-state index in [2.05, 4.69) is 41.2 Å². The molecule has 0 aliphatic heterocycles. The molecule has 0 aliphatic carbocycles. The lowest BCUT2D eigenvalue weighted by molar-refractivity contribution is 0.101. The molecule has 4 heteroatoms. The van der Waals surface area contributed by atoms with E-state index in [1.54, 1.807) is 0 Å². The predicted octanol–water partition coefficient (Wildman–Crippen LogP) is 4.47. The maximum absolute atomic E-state index is 12.4. The monoisotopic (exact) mass is 334 g/mol. The number of hydrogen-bond donors (Lipinski definition) is 1. The molecule has 0 aliphatic rings. The minimum absolute atomic E-state index is 0.0885. The van der Waals surface area contributed by atoms with E-state index in [0.29, 0.717) is 11.6 Å². The second-order valence-electron chi connectivity index (χ2n) is 5.30. The molecular weight excluding hydrogens is 316 g/mol. The lowest BCUT2D eigenvalue weighted by Gasteiger charge is -2.16. The summed E-state index contributed by atoms with van der Waals surface area (Å²) in [5, 5.41) is 3.05. The Bertz CT molecular complexity index is 644. The number of anilines is 1. The van der Waals surface area contributed by atoms with Gasteiger partial charge >= 0.3 is 0 Å². The van der Waals surface area contributed by atoms with Crippen LogP contribution in [0, 0.1) is 6.92 Å². The van der Waals surface area contributed by atoms with Crippen molar-refractivity contribution in [3.8, 4) is 0 Å². The molecule has 1 aromatic carbocycles. The van der Waals surface area contributed by atoms with Crippen LogP contribution in [-0.4, -0.2) is 10.5 Å². The number of hydrogen-bond acceptors (Lipinski definition) is 1. The number of aromatic nitrogens is 1. The Kier molecular flexibility index (Phi) is 4.33. The summed E-state index contributed by atoms with van der Waals surface area (Å²) in [7, 11) is 1.86. The second kappa shape index (κ2) is 5.83. The molecule has 2 rings (SSSR count). The van der Waals surface area contributed by atoms with Gasteiger partial charge in [0.2, 0.25) is 0 Å². The highest BCUT2D eigenvalue weighted by atomic mass is 79.9. The van der Waals surface area contributed by atoms with Gasteiger partial charge in [-0.15, -0.1) is 0 Å². The number of nitrogens with zero attached hydrogens (tertiary/aromatic N) is 1. The van der Waals surface area contributed by atoms with Crippen LogP contribution in [0.3, 0.4) is 0 Å². The van der Waals surface area contributed by atoms with Crippen LogP contribution >= 0.6 is 15.9 Å². The molecule has 0 unspecified atom stereocenters. The van der Waals surface area contributed by atoms with Crippen molar-refractivity contribution in [3.63, 3.8) is 0 Å². The van der Waals surface area contributed by atoms with Crippen LogP contribution in [0.2, 0.25) is 0 Å². The highest BCUT2D eigenvalue weighted by Gasteiger charge is 2.15. The van der Waals surface area contributed by atoms with Gasteiger partial charge in [0, 0.05) is 23.4 Å². The average molecular weight is 335 g/mol. The Morgan fingerprint density at radius 2 is 2.05 bits per heavy atom. The minimum Gasteiger partial charge on any atom is -0.345 e. The molecule has 20 heavy (non-hydrogen) atoms. The molecule has 106 valence electrons. The van der Waals surface area contributed by atoms with Crippen molar-refractivity contribution in [1.82, 2.24) is 4.57 Å². The number of carbonyl (C=O) groups is 1. The SMILES string of the molecule is Cc1cccc(C(C)C)c1NC(=O)c1cc(Br)cn1C. The number of nitrogens with one attached hydrogen (secondary N) is 1. The first-order chi connectivity index (χ1) is 9.40. The number of aryl methyl sites for hydroxylation is 2. The summed E-state index contributed by atoms with van der Waals surface area (Å²) < 4.78 is 2.71. The van der Waals surface area contributed by atoms with Crippen LogP contribution in [0.4, 0.5) is 5.69 Å². The number of amides is 1. The van der Waals surface area contributed by atoms with Gasteiger partial charge < -0.3 is 9.88 Å². The molecule has 0 radical (unpaired) electrons. The zero-order valence-corrected chi connectivity index (χ0v) is 13.8. The maximum Gasteiger partial charge on any atom is 0.272 e. The fourth-order valence-electron chi connectivity index (χ4n) is 2.27. The maximum atomic E-state index is 12.4. The zero-order valence-electron chi connectivity index (χ0n) is 12.2. The average Bonchev–Trinajstić information content (AvgIpc) is 2.70. The van der Waals surface area contributed by atoms with Crippen LogP contribution in [0.15, 0.2) is 34.9 Å². The lowest BCUT2D eigenvalue weighted by atomic mass is 9.98. The highest BCUT2D eigenvalue weighted by Crippen LogP contribution is 2.28. The second-order valence-corrected chi connectivity index (χ2v) is 6.22. The third-order valence-corrected chi connectivity index (χ3v) is 3.80. The Hall–Kier alpha value is -1.55. The van der Waals surface area contributed by atoms with E-state index in [0.717, 1.165) is 21.3 Å². The van der Waals surface area contributed by atoms with Crippen molar-refractivity contribution >= 4 is 27.5 Å². The molecule has 1 aromatic heterocycles. The van der Waals surface area contributed by atoms with Gasteiger partial charge in [-0.3, -0.25) is 4.79 Å². The van der Waals surface area contributed by atoms with Gasteiger partial charge in [0.05, 0.1) is 0 Å². The summed E-state index contributed by atoms with van der Waals surface area (Å²) >= 11 is 3.39. The Morgan fingerprint density at radius 3 is 2.60 bits per heavy atom. The van der Waals surface area contributed by atoms with Gasteiger partial charge in [0.15, 0.2) is 0 Å². The van der Waals surface area contributed by atoms with Crippen molar-refractivity contribution in [1.29, 1.82) is 0 Å². The van der Waals surface area contributed by atoms with Crippen LogP contribution in [0.1, 0.15) is 41.4 Å². The molecule has 0 atom stereocenters. The van der Waals surface area contributed by atoms with Crippen molar-refractivity contribution in [2.75, 3.05) is 5.32 Å². The van der Waals surface area contributed by atoms with Gasteiger partial charge in [-0.25, -0.2) is 0 Å². The summed E-state index contributed by atoms with van der Waals surface area (Å²) in [5.41, 5.74) is 3.80. The molecule has 3 nitrogen and oxygen atoms in total.